The normalized spacial score (nSPS) is 25.1. The average Bonchev–Trinajstić information content (AvgIpc) is 2.83. The Morgan fingerprint density at radius 3 is 1.67 bits per heavy atom. The van der Waals surface area contributed by atoms with Crippen molar-refractivity contribution in [1.82, 2.24) is 0 Å². The van der Waals surface area contributed by atoms with Crippen molar-refractivity contribution in [1.29, 1.82) is 0 Å². The summed E-state index contributed by atoms with van der Waals surface area (Å²) in [6.07, 6.45) is 4.31. The van der Waals surface area contributed by atoms with Gasteiger partial charge in [0.25, 0.3) is 0 Å². The predicted molar refractivity (Wildman–Crippen MR) is 102 cm³/mol. The van der Waals surface area contributed by atoms with Crippen molar-refractivity contribution in [2.24, 2.45) is 5.92 Å². The fraction of sp³-hybridized carbons (Fsp3) is 0.478. The first-order valence-corrected chi connectivity index (χ1v) is 10.1. The molecule has 2 fully saturated rings. The number of rotatable bonds is 4. The van der Waals surface area contributed by atoms with Gasteiger partial charge >= 0.3 is 0 Å². The zero-order valence-corrected chi connectivity index (χ0v) is 18.6. The molecule has 2 nitrogen and oxygen atoms in total. The van der Waals surface area contributed by atoms with E-state index in [1.165, 1.54) is 12.1 Å². The summed E-state index contributed by atoms with van der Waals surface area (Å²) in [7, 11) is 4.46. The summed E-state index contributed by atoms with van der Waals surface area (Å²) in [6, 6.07) is 7.42. The fourth-order valence-electron chi connectivity index (χ4n) is 5.49. The minimum Gasteiger partial charge on any atom is -1.00 e. The minimum atomic E-state index is -1.73. The largest absolute Gasteiger partial charge is 1.00 e. The first-order chi connectivity index (χ1) is 13.6. The SMILES string of the molecule is C[N+]1(C)C2CCC1CC(CC(O)(c1ccc(F)c(F)c1)c1ccc(F)c(F)c1)C2.[Br-]. The van der Waals surface area contributed by atoms with Crippen LogP contribution in [0, 0.1) is 29.2 Å². The highest BCUT2D eigenvalue weighted by Gasteiger charge is 2.50. The van der Waals surface area contributed by atoms with Gasteiger partial charge in [-0.15, -0.1) is 0 Å². The maximum absolute atomic E-state index is 14.0. The third kappa shape index (κ3) is 3.92. The maximum atomic E-state index is 14.0. The van der Waals surface area contributed by atoms with Crippen LogP contribution >= 0.6 is 0 Å². The highest BCUT2D eigenvalue weighted by atomic mass is 79.9. The number of quaternary nitrogens is 1. The van der Waals surface area contributed by atoms with Crippen LogP contribution in [0.1, 0.15) is 43.2 Å². The van der Waals surface area contributed by atoms with Gasteiger partial charge in [-0.2, -0.15) is 0 Å². The fourth-order valence-corrected chi connectivity index (χ4v) is 5.49. The highest BCUT2D eigenvalue weighted by Crippen LogP contribution is 2.47. The summed E-state index contributed by atoms with van der Waals surface area (Å²) in [6.45, 7) is 0. The molecule has 30 heavy (non-hydrogen) atoms. The zero-order valence-electron chi connectivity index (χ0n) is 17.0. The monoisotopic (exact) mass is 487 g/mol. The van der Waals surface area contributed by atoms with Crippen LogP contribution in [0.15, 0.2) is 36.4 Å². The lowest BCUT2D eigenvalue weighted by atomic mass is 9.75. The summed E-state index contributed by atoms with van der Waals surface area (Å²) in [5.74, 6) is -4.05. The second kappa shape index (κ2) is 8.24. The van der Waals surface area contributed by atoms with Crippen LogP contribution in [-0.2, 0) is 5.60 Å². The molecule has 7 heteroatoms. The van der Waals surface area contributed by atoms with Crippen molar-refractivity contribution >= 4 is 0 Å². The van der Waals surface area contributed by atoms with Gasteiger partial charge in [0.2, 0.25) is 0 Å². The van der Waals surface area contributed by atoms with Gasteiger partial charge < -0.3 is 26.6 Å². The van der Waals surface area contributed by atoms with Gasteiger partial charge in [-0.05, 0) is 47.7 Å². The summed E-state index contributed by atoms with van der Waals surface area (Å²) < 4.78 is 55.9. The Kier molecular flexibility index (Phi) is 6.38. The standard InChI is InChI=1S/C23H26F4NO.BrH/c1-28(2)17-5-6-18(28)10-14(9-17)13-23(29,15-3-7-19(24)21(26)11-15)16-4-8-20(25)22(27)12-16;/h3-4,7-8,11-12,14,17-18,29H,5-6,9-10,13H2,1-2H3;1H/q+1;/p-1. The van der Waals surface area contributed by atoms with Crippen molar-refractivity contribution in [3.8, 4) is 0 Å². The molecule has 1 N–H and O–H groups in total. The van der Waals surface area contributed by atoms with E-state index in [0.29, 0.717) is 12.1 Å². The number of benzene rings is 2. The number of fused-ring (bicyclic) bond motifs is 2. The zero-order chi connectivity index (χ0) is 21.0. The van der Waals surface area contributed by atoms with E-state index in [-0.39, 0.29) is 40.4 Å². The Morgan fingerprint density at radius 2 is 1.27 bits per heavy atom. The summed E-state index contributed by atoms with van der Waals surface area (Å²) >= 11 is 0. The molecule has 0 amide bonds. The number of hydrogen-bond donors (Lipinski definition) is 1. The van der Waals surface area contributed by atoms with Crippen LogP contribution in [0.25, 0.3) is 0 Å². The third-order valence-electron chi connectivity index (χ3n) is 7.30. The number of nitrogens with zero attached hydrogens (tertiary/aromatic N) is 1. The Hall–Kier alpha value is -1.44. The molecule has 0 saturated carbocycles. The molecule has 2 bridgehead atoms. The molecule has 0 radical (unpaired) electrons. The van der Waals surface area contributed by atoms with Crippen LogP contribution in [0.5, 0.6) is 0 Å². The summed E-state index contributed by atoms with van der Waals surface area (Å²) in [5.41, 5.74) is -1.44. The van der Waals surface area contributed by atoms with E-state index in [2.05, 4.69) is 14.1 Å². The first kappa shape index (κ1) is 23.2. The van der Waals surface area contributed by atoms with Gasteiger partial charge in [0.05, 0.1) is 26.2 Å². The van der Waals surface area contributed by atoms with Crippen LogP contribution in [0.3, 0.4) is 0 Å². The van der Waals surface area contributed by atoms with Crippen molar-refractivity contribution in [3.63, 3.8) is 0 Å². The smallest absolute Gasteiger partial charge is 0.159 e. The van der Waals surface area contributed by atoms with Gasteiger partial charge in [0, 0.05) is 25.7 Å². The van der Waals surface area contributed by atoms with Crippen LogP contribution in [0.2, 0.25) is 0 Å². The molecular formula is C23H26BrF4NO. The second-order valence-electron chi connectivity index (χ2n) is 9.17. The molecule has 0 aliphatic carbocycles. The van der Waals surface area contributed by atoms with Gasteiger partial charge in [-0.3, -0.25) is 0 Å². The average molecular weight is 488 g/mol. The van der Waals surface area contributed by atoms with E-state index in [9.17, 15) is 22.7 Å². The highest BCUT2D eigenvalue weighted by molar-refractivity contribution is 5.37. The first-order valence-electron chi connectivity index (χ1n) is 10.1. The molecule has 0 aromatic heterocycles. The van der Waals surface area contributed by atoms with Crippen molar-refractivity contribution in [2.45, 2.75) is 49.8 Å². The lowest BCUT2D eigenvalue weighted by molar-refractivity contribution is -0.931. The number of hydrogen-bond acceptors (Lipinski definition) is 1. The quantitative estimate of drug-likeness (QED) is 0.515. The molecule has 2 aromatic rings. The molecular weight excluding hydrogens is 462 g/mol. The van der Waals surface area contributed by atoms with Gasteiger partial charge in [-0.25, -0.2) is 17.6 Å². The summed E-state index contributed by atoms with van der Waals surface area (Å²) in [5, 5.41) is 11.7. The van der Waals surface area contributed by atoms with Crippen molar-refractivity contribution < 1.29 is 44.1 Å². The number of piperidine rings is 1. The number of halogens is 5. The van der Waals surface area contributed by atoms with Crippen LogP contribution in [0.4, 0.5) is 17.6 Å². The Labute approximate surface area is 184 Å². The molecule has 2 aliphatic heterocycles. The topological polar surface area (TPSA) is 20.2 Å². The van der Waals surface area contributed by atoms with E-state index in [1.54, 1.807) is 0 Å². The van der Waals surface area contributed by atoms with E-state index >= 15 is 0 Å². The summed E-state index contributed by atoms with van der Waals surface area (Å²) in [4.78, 5) is 0. The lowest BCUT2D eigenvalue weighted by Gasteiger charge is -2.46. The van der Waals surface area contributed by atoms with Gasteiger partial charge in [0.15, 0.2) is 23.3 Å². The van der Waals surface area contributed by atoms with Crippen molar-refractivity contribution in [2.75, 3.05) is 14.1 Å². The maximum Gasteiger partial charge on any atom is 0.159 e. The number of aliphatic hydroxyl groups is 1. The molecule has 2 aromatic carbocycles. The molecule has 2 heterocycles. The van der Waals surface area contributed by atoms with E-state index in [0.717, 1.165) is 54.4 Å². The minimum absolute atomic E-state index is 0. The third-order valence-corrected chi connectivity index (χ3v) is 7.30. The predicted octanol–water partition coefficient (Wildman–Crippen LogP) is 1.89. The van der Waals surface area contributed by atoms with E-state index in [1.807, 2.05) is 0 Å². The molecule has 2 aliphatic rings. The molecule has 2 unspecified atom stereocenters. The van der Waals surface area contributed by atoms with E-state index < -0.39 is 28.9 Å². The molecule has 2 atom stereocenters. The second-order valence-corrected chi connectivity index (χ2v) is 9.17. The van der Waals surface area contributed by atoms with Crippen LogP contribution in [-0.4, -0.2) is 35.8 Å². The molecule has 2 saturated heterocycles. The van der Waals surface area contributed by atoms with E-state index in [4.69, 9.17) is 0 Å². The van der Waals surface area contributed by atoms with Gasteiger partial charge in [-0.1, -0.05) is 12.1 Å². The Bertz CT molecular complexity index is 868. The molecule has 164 valence electrons. The van der Waals surface area contributed by atoms with Crippen molar-refractivity contribution in [3.05, 3.63) is 70.8 Å². The van der Waals surface area contributed by atoms with Crippen LogP contribution < -0.4 is 17.0 Å². The molecule has 0 spiro atoms. The Balaban J connectivity index is 0.00000256. The lowest BCUT2D eigenvalue weighted by Crippen LogP contribution is -3.00. The van der Waals surface area contributed by atoms with Gasteiger partial charge in [0.1, 0.15) is 5.60 Å². The molecule has 4 rings (SSSR count). The Morgan fingerprint density at radius 1 is 0.833 bits per heavy atom.